The predicted octanol–water partition coefficient (Wildman–Crippen LogP) is 3.90. The van der Waals surface area contributed by atoms with Crippen molar-refractivity contribution in [3.63, 3.8) is 0 Å². The second-order valence-corrected chi connectivity index (χ2v) is 7.47. The average Bonchev–Trinajstić information content (AvgIpc) is 2.38. The largest absolute Gasteiger partial charge is 0.386 e. The van der Waals surface area contributed by atoms with E-state index >= 15 is 0 Å². The zero-order chi connectivity index (χ0) is 15.3. The van der Waals surface area contributed by atoms with Crippen LogP contribution in [0.25, 0.3) is 0 Å². The minimum absolute atomic E-state index is 0.274. The van der Waals surface area contributed by atoms with Crippen molar-refractivity contribution in [2.75, 3.05) is 0 Å². The van der Waals surface area contributed by atoms with E-state index in [0.717, 1.165) is 5.56 Å². The lowest BCUT2D eigenvalue weighted by Crippen LogP contribution is -2.40. The molecule has 20 heavy (non-hydrogen) atoms. The Hall–Kier alpha value is -0.420. The SMILES string of the molecule is C=CCC[C@@H]([C@@H](O)C(F)(Cl)Cl)[S@@](=O)c1ccc(C)cc1. The van der Waals surface area contributed by atoms with Gasteiger partial charge in [-0.3, -0.25) is 4.21 Å². The molecule has 1 rings (SSSR count). The van der Waals surface area contributed by atoms with Gasteiger partial charge < -0.3 is 5.11 Å². The van der Waals surface area contributed by atoms with Crippen molar-refractivity contribution in [2.45, 2.75) is 40.6 Å². The van der Waals surface area contributed by atoms with Gasteiger partial charge in [0.05, 0.1) is 16.0 Å². The molecular formula is C14H17Cl2FO2S. The molecule has 0 spiro atoms. The minimum atomic E-state index is -2.84. The molecule has 0 unspecified atom stereocenters. The molecule has 1 N–H and O–H groups in total. The van der Waals surface area contributed by atoms with Gasteiger partial charge in [-0.25, -0.2) is 4.39 Å². The summed E-state index contributed by atoms with van der Waals surface area (Å²) in [5.41, 5.74) is 1.02. The van der Waals surface area contributed by atoms with Crippen LogP contribution in [-0.2, 0) is 10.8 Å². The van der Waals surface area contributed by atoms with Crippen LogP contribution in [0.2, 0.25) is 0 Å². The molecular weight excluding hydrogens is 322 g/mol. The third-order valence-corrected chi connectivity index (χ3v) is 5.10. The standard InChI is InChI=1S/C14H17Cl2FO2S/c1-3-4-5-12(13(18)14(15,16)17)20(19)11-8-6-10(2)7-9-11/h3,6-9,12-13,18H,1,4-5H2,2H3/t12-,13+,20-/m0/s1. The van der Waals surface area contributed by atoms with Crippen LogP contribution >= 0.6 is 23.2 Å². The lowest BCUT2D eigenvalue weighted by Gasteiger charge is -2.26. The van der Waals surface area contributed by atoms with Crippen molar-refractivity contribution in [1.29, 1.82) is 0 Å². The number of hydrogen-bond acceptors (Lipinski definition) is 2. The van der Waals surface area contributed by atoms with Gasteiger partial charge in [0, 0.05) is 4.90 Å². The average molecular weight is 339 g/mol. The highest BCUT2D eigenvalue weighted by Gasteiger charge is 2.41. The Morgan fingerprint density at radius 3 is 2.45 bits per heavy atom. The summed E-state index contributed by atoms with van der Waals surface area (Å²) in [6.07, 6.45) is 0.612. The van der Waals surface area contributed by atoms with Crippen LogP contribution in [0, 0.1) is 6.92 Å². The summed E-state index contributed by atoms with van der Waals surface area (Å²) in [5.74, 6) is 0. The Morgan fingerprint density at radius 2 is 2.00 bits per heavy atom. The number of aliphatic hydroxyl groups is 1. The number of hydrogen-bond donors (Lipinski definition) is 1. The van der Waals surface area contributed by atoms with Gasteiger partial charge in [-0.1, -0.05) is 47.0 Å². The van der Waals surface area contributed by atoms with Crippen LogP contribution in [0.4, 0.5) is 4.39 Å². The van der Waals surface area contributed by atoms with E-state index in [2.05, 4.69) is 6.58 Å². The maximum absolute atomic E-state index is 13.5. The summed E-state index contributed by atoms with van der Waals surface area (Å²) in [6, 6.07) is 6.96. The predicted molar refractivity (Wildman–Crippen MR) is 82.4 cm³/mol. The summed E-state index contributed by atoms with van der Waals surface area (Å²) >= 11 is 10.6. The first-order valence-corrected chi connectivity index (χ1v) is 8.07. The van der Waals surface area contributed by atoms with Gasteiger partial charge in [0.1, 0.15) is 6.10 Å². The Bertz CT molecular complexity index is 471. The molecule has 0 aliphatic carbocycles. The van der Waals surface area contributed by atoms with Crippen LogP contribution in [0.3, 0.4) is 0 Å². The van der Waals surface area contributed by atoms with Crippen LogP contribution in [0.5, 0.6) is 0 Å². The summed E-state index contributed by atoms with van der Waals surface area (Å²) in [5, 5.41) is 8.99. The third-order valence-electron chi connectivity index (χ3n) is 2.87. The van der Waals surface area contributed by atoms with Crippen LogP contribution < -0.4 is 0 Å². The first-order valence-electron chi connectivity index (χ1n) is 6.10. The van der Waals surface area contributed by atoms with Gasteiger partial charge in [0.25, 0.3) is 4.59 Å². The molecule has 0 aliphatic heterocycles. The monoisotopic (exact) mass is 338 g/mol. The Kier molecular flexibility index (Phi) is 6.65. The van der Waals surface area contributed by atoms with Gasteiger partial charge >= 0.3 is 0 Å². The summed E-state index contributed by atoms with van der Waals surface area (Å²) in [4.78, 5) is 0.501. The summed E-state index contributed by atoms with van der Waals surface area (Å²) in [6.45, 7) is 5.46. The smallest absolute Gasteiger partial charge is 0.284 e. The zero-order valence-electron chi connectivity index (χ0n) is 11.1. The van der Waals surface area contributed by atoms with Crippen molar-refractivity contribution < 1.29 is 13.7 Å². The molecule has 0 aromatic heterocycles. The zero-order valence-corrected chi connectivity index (χ0v) is 13.4. The molecule has 1 aromatic rings. The van der Waals surface area contributed by atoms with Crippen molar-refractivity contribution >= 4 is 34.0 Å². The topological polar surface area (TPSA) is 37.3 Å². The second kappa shape index (κ2) is 7.55. The fourth-order valence-electron chi connectivity index (χ4n) is 1.72. The number of halogens is 3. The molecule has 0 amide bonds. The van der Waals surface area contributed by atoms with Gasteiger partial charge in [-0.2, -0.15) is 0 Å². The number of benzene rings is 1. The van der Waals surface area contributed by atoms with E-state index in [1.165, 1.54) is 0 Å². The quantitative estimate of drug-likeness (QED) is 0.604. The molecule has 6 heteroatoms. The van der Waals surface area contributed by atoms with Gasteiger partial charge in [0.2, 0.25) is 0 Å². The van der Waals surface area contributed by atoms with Crippen LogP contribution in [-0.4, -0.2) is 25.3 Å². The molecule has 0 aliphatic rings. The van der Waals surface area contributed by atoms with Crippen molar-refractivity contribution in [1.82, 2.24) is 0 Å². The maximum Gasteiger partial charge on any atom is 0.284 e. The molecule has 0 bridgehead atoms. The number of allylic oxidation sites excluding steroid dienone is 1. The van der Waals surface area contributed by atoms with Gasteiger partial charge in [-0.15, -0.1) is 6.58 Å². The summed E-state index contributed by atoms with van der Waals surface area (Å²) < 4.78 is 23.2. The van der Waals surface area contributed by atoms with E-state index in [9.17, 15) is 13.7 Å². The molecule has 2 nitrogen and oxygen atoms in total. The van der Waals surface area contributed by atoms with Gasteiger partial charge in [-0.05, 0) is 31.9 Å². The van der Waals surface area contributed by atoms with Crippen LogP contribution in [0.15, 0.2) is 41.8 Å². The number of alkyl halides is 3. The highest BCUT2D eigenvalue weighted by molar-refractivity contribution is 7.85. The lowest BCUT2D eigenvalue weighted by atomic mass is 10.1. The van der Waals surface area contributed by atoms with Gasteiger partial charge in [0.15, 0.2) is 0 Å². The summed E-state index contributed by atoms with van der Waals surface area (Å²) in [7, 11) is -1.61. The lowest BCUT2D eigenvalue weighted by molar-refractivity contribution is 0.0920. The highest BCUT2D eigenvalue weighted by Crippen LogP contribution is 2.33. The maximum atomic E-state index is 13.5. The fraction of sp³-hybridized carbons (Fsp3) is 0.429. The van der Waals surface area contributed by atoms with E-state index in [1.807, 2.05) is 6.92 Å². The molecule has 0 heterocycles. The van der Waals surface area contributed by atoms with Crippen molar-refractivity contribution in [3.05, 3.63) is 42.5 Å². The highest BCUT2D eigenvalue weighted by atomic mass is 35.5. The Morgan fingerprint density at radius 1 is 1.45 bits per heavy atom. The number of aliphatic hydroxyl groups excluding tert-OH is 1. The van der Waals surface area contributed by atoms with Crippen molar-refractivity contribution in [3.8, 4) is 0 Å². The molecule has 0 fully saturated rings. The van der Waals surface area contributed by atoms with Crippen LogP contribution in [0.1, 0.15) is 18.4 Å². The molecule has 3 atom stereocenters. The fourth-order valence-corrected chi connectivity index (χ4v) is 3.70. The molecule has 1 aromatic carbocycles. The molecule has 0 saturated carbocycles. The molecule has 0 saturated heterocycles. The van der Waals surface area contributed by atoms with E-state index in [1.54, 1.807) is 30.3 Å². The second-order valence-electron chi connectivity index (χ2n) is 4.50. The first kappa shape index (κ1) is 17.6. The van der Waals surface area contributed by atoms with E-state index < -0.39 is 26.7 Å². The molecule has 112 valence electrons. The Balaban J connectivity index is 3.00. The van der Waals surface area contributed by atoms with E-state index in [4.69, 9.17) is 23.2 Å². The van der Waals surface area contributed by atoms with Crippen molar-refractivity contribution in [2.24, 2.45) is 0 Å². The Labute approximate surface area is 131 Å². The third kappa shape index (κ3) is 4.85. The molecule has 0 radical (unpaired) electrons. The minimum Gasteiger partial charge on any atom is -0.386 e. The number of rotatable bonds is 7. The number of aryl methyl sites for hydroxylation is 1. The van der Waals surface area contributed by atoms with E-state index in [-0.39, 0.29) is 6.42 Å². The normalized spacial score (nSPS) is 16.4. The van der Waals surface area contributed by atoms with E-state index in [0.29, 0.717) is 11.3 Å². The first-order chi connectivity index (χ1) is 9.27.